The molecule has 0 unspecified atom stereocenters. The Bertz CT molecular complexity index is 1160. The first-order valence-electron chi connectivity index (χ1n) is 10.4. The van der Waals surface area contributed by atoms with Crippen molar-refractivity contribution < 1.29 is 26.3 Å². The highest BCUT2D eigenvalue weighted by Crippen LogP contribution is 2.55. The SMILES string of the molecule is FC(F)(F)c1cc(-c2cccc3c2=CC(=CC24CCC(CC2)C4)C=3)cc(C(F)(F)F)c1. The minimum Gasteiger partial charge on any atom is -0.166 e. The summed E-state index contributed by atoms with van der Waals surface area (Å²) in [5.41, 5.74) is -1.11. The van der Waals surface area contributed by atoms with Crippen LogP contribution in [0.2, 0.25) is 0 Å². The summed E-state index contributed by atoms with van der Waals surface area (Å²) in [5, 5.41) is 1.49. The number of allylic oxidation sites excluding steroid dienone is 2. The van der Waals surface area contributed by atoms with Gasteiger partial charge in [0.25, 0.3) is 0 Å². The van der Waals surface area contributed by atoms with Gasteiger partial charge in [-0.3, -0.25) is 0 Å². The third-order valence-electron chi connectivity index (χ3n) is 6.94. The van der Waals surface area contributed by atoms with Gasteiger partial charge >= 0.3 is 12.4 Å². The summed E-state index contributed by atoms with van der Waals surface area (Å²) in [6, 6.07) is 6.88. The highest BCUT2D eigenvalue weighted by molar-refractivity contribution is 5.78. The van der Waals surface area contributed by atoms with Crippen LogP contribution in [0.3, 0.4) is 0 Å². The van der Waals surface area contributed by atoms with Crippen molar-refractivity contribution in [1.82, 2.24) is 0 Å². The van der Waals surface area contributed by atoms with Gasteiger partial charge in [-0.15, -0.1) is 0 Å². The molecule has 2 aromatic carbocycles. The molecular weight excluding hydrogens is 414 g/mol. The first kappa shape index (κ1) is 20.4. The van der Waals surface area contributed by atoms with Gasteiger partial charge < -0.3 is 0 Å². The Hall–Kier alpha value is -2.50. The van der Waals surface area contributed by atoms with Gasteiger partial charge in [-0.05, 0) is 101 Å². The van der Waals surface area contributed by atoms with Crippen LogP contribution in [0.25, 0.3) is 23.3 Å². The number of alkyl halides is 6. The fraction of sp³-hybridized carbons (Fsp3) is 0.360. The van der Waals surface area contributed by atoms with Gasteiger partial charge in [-0.25, -0.2) is 0 Å². The Balaban J connectivity index is 1.64. The van der Waals surface area contributed by atoms with E-state index < -0.39 is 23.5 Å². The van der Waals surface area contributed by atoms with Crippen molar-refractivity contribution in [3.63, 3.8) is 0 Å². The molecule has 0 spiro atoms. The van der Waals surface area contributed by atoms with Crippen molar-refractivity contribution >= 4 is 12.2 Å². The maximum absolute atomic E-state index is 13.3. The van der Waals surface area contributed by atoms with Crippen LogP contribution in [-0.4, -0.2) is 0 Å². The smallest absolute Gasteiger partial charge is 0.166 e. The third-order valence-corrected chi connectivity index (χ3v) is 6.94. The molecule has 0 nitrogen and oxygen atoms in total. The summed E-state index contributed by atoms with van der Waals surface area (Å²) < 4.78 is 79.9. The fourth-order valence-corrected chi connectivity index (χ4v) is 5.50. The zero-order valence-electron chi connectivity index (χ0n) is 16.6. The van der Waals surface area contributed by atoms with Crippen LogP contribution >= 0.6 is 0 Å². The summed E-state index contributed by atoms with van der Waals surface area (Å²) in [5.74, 6) is 0.780. The average molecular weight is 434 g/mol. The van der Waals surface area contributed by atoms with Gasteiger partial charge in [0.15, 0.2) is 0 Å². The van der Waals surface area contributed by atoms with Crippen molar-refractivity contribution in [2.75, 3.05) is 0 Å². The molecule has 0 saturated heterocycles. The highest BCUT2D eigenvalue weighted by atomic mass is 19.4. The molecular formula is C25H20F6. The fourth-order valence-electron chi connectivity index (χ4n) is 5.50. The monoisotopic (exact) mass is 434 g/mol. The second kappa shape index (κ2) is 6.75. The molecule has 162 valence electrons. The number of rotatable bonds is 2. The maximum Gasteiger partial charge on any atom is 0.416 e. The van der Waals surface area contributed by atoms with Crippen LogP contribution in [0.4, 0.5) is 26.3 Å². The Kier molecular flexibility index (Phi) is 4.44. The van der Waals surface area contributed by atoms with Gasteiger partial charge in [0.05, 0.1) is 11.1 Å². The molecule has 3 aliphatic rings. The maximum atomic E-state index is 13.3. The summed E-state index contributed by atoms with van der Waals surface area (Å²) >= 11 is 0. The Labute approximate surface area is 175 Å². The van der Waals surface area contributed by atoms with E-state index in [0.29, 0.717) is 10.8 Å². The van der Waals surface area contributed by atoms with Gasteiger partial charge in [-0.2, -0.15) is 26.3 Å². The Morgan fingerprint density at radius 1 is 0.839 bits per heavy atom. The lowest BCUT2D eigenvalue weighted by atomic mass is 9.82. The summed E-state index contributed by atoms with van der Waals surface area (Å²) in [4.78, 5) is 0. The molecule has 0 atom stereocenters. The van der Waals surface area contributed by atoms with E-state index in [4.69, 9.17) is 0 Å². The summed E-state index contributed by atoms with van der Waals surface area (Å²) in [7, 11) is 0. The van der Waals surface area contributed by atoms with Gasteiger partial charge in [-0.1, -0.05) is 24.3 Å². The number of benzene rings is 2. The largest absolute Gasteiger partial charge is 0.416 e. The Morgan fingerprint density at radius 3 is 2.03 bits per heavy atom. The average Bonchev–Trinajstić information content (AvgIpc) is 3.39. The quantitative estimate of drug-likeness (QED) is 0.475. The molecule has 0 amide bonds. The number of hydrogen-bond acceptors (Lipinski definition) is 0. The molecule has 31 heavy (non-hydrogen) atoms. The second-order valence-electron chi connectivity index (χ2n) is 9.05. The molecule has 0 aromatic heterocycles. The summed E-state index contributed by atoms with van der Waals surface area (Å²) in [6.45, 7) is 0. The van der Waals surface area contributed by atoms with Crippen molar-refractivity contribution in [2.45, 2.75) is 44.5 Å². The standard InChI is InChI=1S/C25H20F6/c26-24(27,28)19-10-18(11-20(12-19)25(29,30)31)21-3-1-2-17-8-16(9-22(17)21)14-23-6-4-15(13-23)5-7-23/h1-3,8-12,14-15H,4-7,13H2. The van der Waals surface area contributed by atoms with E-state index >= 15 is 0 Å². The zero-order valence-corrected chi connectivity index (χ0v) is 16.6. The van der Waals surface area contributed by atoms with Crippen molar-refractivity contribution in [3.05, 3.63) is 69.6 Å². The van der Waals surface area contributed by atoms with Gasteiger partial charge in [0.1, 0.15) is 0 Å². The van der Waals surface area contributed by atoms with Crippen molar-refractivity contribution in [2.24, 2.45) is 11.3 Å². The van der Waals surface area contributed by atoms with E-state index in [9.17, 15) is 26.3 Å². The van der Waals surface area contributed by atoms with Crippen LogP contribution in [0, 0.1) is 11.3 Å². The first-order valence-corrected chi connectivity index (χ1v) is 10.4. The molecule has 2 fully saturated rings. The van der Waals surface area contributed by atoms with E-state index in [1.807, 2.05) is 18.2 Å². The van der Waals surface area contributed by atoms with E-state index in [0.717, 1.165) is 41.7 Å². The van der Waals surface area contributed by atoms with Gasteiger partial charge in [0, 0.05) is 0 Å². The molecule has 2 saturated carbocycles. The predicted molar refractivity (Wildman–Crippen MR) is 107 cm³/mol. The lowest BCUT2D eigenvalue weighted by Crippen LogP contribution is -2.23. The molecule has 0 radical (unpaired) electrons. The molecule has 0 heterocycles. The summed E-state index contributed by atoms with van der Waals surface area (Å²) in [6.07, 6.45) is 2.35. The van der Waals surface area contributed by atoms with Crippen LogP contribution < -0.4 is 10.4 Å². The van der Waals surface area contributed by atoms with E-state index in [2.05, 4.69) is 6.08 Å². The number of hydrogen-bond donors (Lipinski definition) is 0. The zero-order chi connectivity index (χ0) is 22.0. The molecule has 2 bridgehead atoms. The van der Waals surface area contributed by atoms with E-state index in [1.165, 1.54) is 19.3 Å². The molecule has 3 aliphatic carbocycles. The van der Waals surface area contributed by atoms with Crippen LogP contribution in [0.15, 0.2) is 48.0 Å². The minimum atomic E-state index is -4.87. The van der Waals surface area contributed by atoms with Crippen LogP contribution in [0.1, 0.15) is 43.2 Å². The lowest BCUT2D eigenvalue weighted by molar-refractivity contribution is -0.143. The van der Waals surface area contributed by atoms with Crippen LogP contribution in [-0.2, 0) is 12.4 Å². The van der Waals surface area contributed by atoms with E-state index in [-0.39, 0.29) is 17.0 Å². The molecule has 2 aromatic rings. The van der Waals surface area contributed by atoms with Crippen molar-refractivity contribution in [1.29, 1.82) is 0 Å². The van der Waals surface area contributed by atoms with E-state index in [1.54, 1.807) is 12.1 Å². The lowest BCUT2D eigenvalue weighted by Gasteiger charge is -2.22. The van der Waals surface area contributed by atoms with Gasteiger partial charge in [0.2, 0.25) is 0 Å². The highest BCUT2D eigenvalue weighted by Gasteiger charge is 2.43. The topological polar surface area (TPSA) is 0 Å². The molecule has 6 heteroatoms. The number of halogens is 6. The molecule has 5 rings (SSSR count). The minimum absolute atomic E-state index is 0.0788. The normalized spacial score (nSPS) is 26.1. The first-order chi connectivity index (χ1) is 14.5. The Morgan fingerprint density at radius 2 is 1.48 bits per heavy atom. The molecule has 0 N–H and O–H groups in total. The number of fused-ring (bicyclic) bond motifs is 3. The van der Waals surface area contributed by atoms with Crippen LogP contribution in [0.5, 0.6) is 0 Å². The van der Waals surface area contributed by atoms with Crippen molar-refractivity contribution in [3.8, 4) is 11.1 Å². The third kappa shape index (κ3) is 3.70. The second-order valence-corrected chi connectivity index (χ2v) is 9.05. The molecule has 0 aliphatic heterocycles. The predicted octanol–water partition coefficient (Wildman–Crippen LogP) is 6.47.